The van der Waals surface area contributed by atoms with Crippen LogP contribution in [0.2, 0.25) is 0 Å². The maximum atomic E-state index is 5.36. The quantitative estimate of drug-likeness (QED) is 0.525. The Bertz CT molecular complexity index is 56.6. The predicted octanol–water partition coefficient (Wildman–Crippen LogP) is 1.51. The van der Waals surface area contributed by atoms with Gasteiger partial charge in [0, 0.05) is 0 Å². The molecule has 0 bridgehead atoms. The molecular formula is C9H22N2. The molecule has 3 N–H and O–H groups in total. The Labute approximate surface area is 70.5 Å². The average Bonchev–Trinajstić information content (AvgIpc) is 2.03. The summed E-state index contributed by atoms with van der Waals surface area (Å²) in [5.41, 5.74) is 5.36. The molecule has 0 heterocycles. The van der Waals surface area contributed by atoms with E-state index in [0.29, 0.717) is 0 Å². The summed E-state index contributed by atoms with van der Waals surface area (Å²) in [5, 5.41) is 3.40. The fraction of sp³-hybridized carbons (Fsp3) is 1.00. The molecule has 0 atom stereocenters. The SMILES string of the molecule is CCCCCNCCCCN. The third-order valence-corrected chi connectivity index (χ3v) is 1.76. The summed E-state index contributed by atoms with van der Waals surface area (Å²) in [6.45, 7) is 5.38. The second-order valence-corrected chi connectivity index (χ2v) is 2.95. The second kappa shape index (κ2) is 9.92. The van der Waals surface area contributed by atoms with E-state index in [9.17, 15) is 0 Å². The first-order chi connectivity index (χ1) is 5.41. The van der Waals surface area contributed by atoms with Gasteiger partial charge in [0.1, 0.15) is 0 Å². The molecule has 11 heavy (non-hydrogen) atoms. The van der Waals surface area contributed by atoms with Crippen LogP contribution in [0.4, 0.5) is 0 Å². The lowest BCUT2D eigenvalue weighted by molar-refractivity contribution is 0.588. The largest absolute Gasteiger partial charge is 0.330 e. The molecule has 0 aliphatic heterocycles. The Morgan fingerprint density at radius 2 is 1.64 bits per heavy atom. The summed E-state index contributed by atoms with van der Waals surface area (Å²) >= 11 is 0. The third-order valence-electron chi connectivity index (χ3n) is 1.76. The third kappa shape index (κ3) is 9.92. The number of nitrogens with one attached hydrogen (secondary N) is 1. The summed E-state index contributed by atoms with van der Waals surface area (Å²) in [7, 11) is 0. The van der Waals surface area contributed by atoms with E-state index in [2.05, 4.69) is 12.2 Å². The lowest BCUT2D eigenvalue weighted by Gasteiger charge is -2.02. The fourth-order valence-corrected chi connectivity index (χ4v) is 1.02. The molecule has 0 aromatic carbocycles. The van der Waals surface area contributed by atoms with Crippen LogP contribution >= 0.6 is 0 Å². The highest BCUT2D eigenvalue weighted by Crippen LogP contribution is 1.91. The highest BCUT2D eigenvalue weighted by Gasteiger charge is 1.87. The van der Waals surface area contributed by atoms with Crippen molar-refractivity contribution in [2.45, 2.75) is 39.0 Å². The average molecular weight is 158 g/mol. The standard InChI is InChI=1S/C9H22N2/c1-2-3-5-8-11-9-6-4-7-10/h11H,2-10H2,1H3. The molecule has 0 saturated heterocycles. The zero-order valence-electron chi connectivity index (χ0n) is 7.73. The Hall–Kier alpha value is -0.0800. The molecule has 0 fully saturated rings. The summed E-state index contributed by atoms with van der Waals surface area (Å²) in [6, 6.07) is 0. The highest BCUT2D eigenvalue weighted by atomic mass is 14.8. The molecule has 0 rings (SSSR count). The molecule has 0 aromatic rings. The number of unbranched alkanes of at least 4 members (excludes halogenated alkanes) is 3. The maximum Gasteiger partial charge on any atom is -0.00484 e. The molecule has 0 radical (unpaired) electrons. The van der Waals surface area contributed by atoms with Gasteiger partial charge in [-0.2, -0.15) is 0 Å². The first-order valence-electron chi connectivity index (χ1n) is 4.82. The van der Waals surface area contributed by atoms with E-state index in [1.165, 1.54) is 32.2 Å². The van der Waals surface area contributed by atoms with Crippen molar-refractivity contribution >= 4 is 0 Å². The Balaban J connectivity index is 2.69. The number of nitrogens with two attached hydrogens (primary N) is 1. The van der Waals surface area contributed by atoms with Gasteiger partial charge < -0.3 is 11.1 Å². The van der Waals surface area contributed by atoms with Crippen LogP contribution in [0.25, 0.3) is 0 Å². The van der Waals surface area contributed by atoms with E-state index >= 15 is 0 Å². The van der Waals surface area contributed by atoms with E-state index in [1.54, 1.807) is 0 Å². The molecule has 0 saturated carbocycles. The van der Waals surface area contributed by atoms with Gasteiger partial charge in [-0.05, 0) is 38.9 Å². The summed E-state index contributed by atoms with van der Waals surface area (Å²) < 4.78 is 0. The van der Waals surface area contributed by atoms with Crippen LogP contribution in [0, 0.1) is 0 Å². The van der Waals surface area contributed by atoms with Crippen LogP contribution in [-0.2, 0) is 0 Å². The molecule has 0 amide bonds. The van der Waals surface area contributed by atoms with E-state index in [0.717, 1.165) is 19.5 Å². The van der Waals surface area contributed by atoms with Gasteiger partial charge in [-0.3, -0.25) is 0 Å². The minimum atomic E-state index is 0.830. The van der Waals surface area contributed by atoms with Crippen LogP contribution in [-0.4, -0.2) is 19.6 Å². The molecule has 0 aromatic heterocycles. The van der Waals surface area contributed by atoms with Gasteiger partial charge >= 0.3 is 0 Å². The van der Waals surface area contributed by atoms with Crippen molar-refractivity contribution in [1.29, 1.82) is 0 Å². The molecule has 2 heteroatoms. The van der Waals surface area contributed by atoms with E-state index < -0.39 is 0 Å². The van der Waals surface area contributed by atoms with Crippen LogP contribution < -0.4 is 11.1 Å². The lowest BCUT2D eigenvalue weighted by atomic mass is 10.2. The monoisotopic (exact) mass is 158 g/mol. The Kier molecular flexibility index (Phi) is 9.85. The molecule has 0 aliphatic rings. The zero-order valence-corrected chi connectivity index (χ0v) is 7.73. The van der Waals surface area contributed by atoms with Gasteiger partial charge in [-0.1, -0.05) is 19.8 Å². The first-order valence-corrected chi connectivity index (χ1v) is 4.82. The van der Waals surface area contributed by atoms with Crippen molar-refractivity contribution in [3.8, 4) is 0 Å². The van der Waals surface area contributed by atoms with Gasteiger partial charge in [0.05, 0.1) is 0 Å². The molecule has 2 nitrogen and oxygen atoms in total. The van der Waals surface area contributed by atoms with Crippen molar-refractivity contribution < 1.29 is 0 Å². The van der Waals surface area contributed by atoms with Crippen molar-refractivity contribution in [1.82, 2.24) is 5.32 Å². The number of hydrogen-bond acceptors (Lipinski definition) is 2. The number of rotatable bonds is 8. The fourth-order valence-electron chi connectivity index (χ4n) is 1.02. The van der Waals surface area contributed by atoms with Crippen LogP contribution in [0.5, 0.6) is 0 Å². The van der Waals surface area contributed by atoms with Crippen molar-refractivity contribution in [3.05, 3.63) is 0 Å². The van der Waals surface area contributed by atoms with Crippen LogP contribution in [0.1, 0.15) is 39.0 Å². The van der Waals surface area contributed by atoms with Crippen LogP contribution in [0.3, 0.4) is 0 Å². The van der Waals surface area contributed by atoms with Gasteiger partial charge in [0.2, 0.25) is 0 Å². The van der Waals surface area contributed by atoms with Gasteiger partial charge in [-0.15, -0.1) is 0 Å². The van der Waals surface area contributed by atoms with Crippen molar-refractivity contribution in [2.75, 3.05) is 19.6 Å². The van der Waals surface area contributed by atoms with Gasteiger partial charge in [0.25, 0.3) is 0 Å². The summed E-state index contributed by atoms with van der Waals surface area (Å²) in [4.78, 5) is 0. The zero-order chi connectivity index (χ0) is 8.36. The number of hydrogen-bond donors (Lipinski definition) is 2. The topological polar surface area (TPSA) is 38.0 Å². The maximum absolute atomic E-state index is 5.36. The van der Waals surface area contributed by atoms with Crippen molar-refractivity contribution in [2.24, 2.45) is 5.73 Å². The van der Waals surface area contributed by atoms with E-state index in [1.807, 2.05) is 0 Å². The van der Waals surface area contributed by atoms with Crippen LogP contribution in [0.15, 0.2) is 0 Å². The van der Waals surface area contributed by atoms with Crippen molar-refractivity contribution in [3.63, 3.8) is 0 Å². The molecule has 68 valence electrons. The lowest BCUT2D eigenvalue weighted by Crippen LogP contribution is -2.17. The Morgan fingerprint density at radius 1 is 1.00 bits per heavy atom. The predicted molar refractivity (Wildman–Crippen MR) is 50.7 cm³/mol. The van der Waals surface area contributed by atoms with E-state index in [-0.39, 0.29) is 0 Å². The minimum absolute atomic E-state index is 0.830. The van der Waals surface area contributed by atoms with Gasteiger partial charge in [0.15, 0.2) is 0 Å². The molecule has 0 aliphatic carbocycles. The molecule has 0 unspecified atom stereocenters. The minimum Gasteiger partial charge on any atom is -0.330 e. The summed E-state index contributed by atoms with van der Waals surface area (Å²) in [5.74, 6) is 0. The molecule has 0 spiro atoms. The normalized spacial score (nSPS) is 10.4. The molecular weight excluding hydrogens is 136 g/mol. The second-order valence-electron chi connectivity index (χ2n) is 2.95. The highest BCUT2D eigenvalue weighted by molar-refractivity contribution is 4.48. The Morgan fingerprint density at radius 3 is 2.18 bits per heavy atom. The first kappa shape index (κ1) is 10.9. The summed E-state index contributed by atoms with van der Waals surface area (Å²) in [6.07, 6.45) is 6.36. The van der Waals surface area contributed by atoms with E-state index in [4.69, 9.17) is 5.73 Å². The van der Waals surface area contributed by atoms with Gasteiger partial charge in [-0.25, -0.2) is 0 Å². The smallest absolute Gasteiger partial charge is 0.00484 e.